The summed E-state index contributed by atoms with van der Waals surface area (Å²) in [4.78, 5) is 11.5. The molecule has 2 aromatic rings. The third-order valence-electron chi connectivity index (χ3n) is 2.57. The molecule has 2 N–H and O–H groups in total. The highest BCUT2D eigenvalue weighted by Gasteiger charge is 2.05. The van der Waals surface area contributed by atoms with Crippen LogP contribution in [0.1, 0.15) is 5.56 Å². The van der Waals surface area contributed by atoms with E-state index in [0.29, 0.717) is 18.8 Å². The second-order valence-electron chi connectivity index (χ2n) is 3.98. The number of tetrazole rings is 1. The Bertz CT molecular complexity index is 628. The molecule has 0 fully saturated rings. The van der Waals surface area contributed by atoms with Crippen LogP contribution >= 0.6 is 0 Å². The molecule has 20 heavy (non-hydrogen) atoms. The fraction of sp³-hybridized carbons (Fsp3) is 0.250. The van der Waals surface area contributed by atoms with Crippen LogP contribution in [0.4, 0.5) is 4.79 Å². The number of nitrogens with zero attached hydrogens (tertiary/aromatic N) is 5. The molecule has 1 heterocycles. The first-order valence-corrected chi connectivity index (χ1v) is 5.90. The number of carboxylic acid groups (broad SMARTS) is 1. The van der Waals surface area contributed by atoms with Gasteiger partial charge in [-0.05, 0) is 17.2 Å². The number of rotatable bonds is 5. The molecule has 0 bridgehead atoms. The molecule has 1 aromatic carbocycles. The average Bonchev–Trinajstić information content (AvgIpc) is 2.88. The van der Waals surface area contributed by atoms with E-state index in [1.807, 2.05) is 30.3 Å². The Morgan fingerprint density at radius 1 is 1.40 bits per heavy atom. The van der Waals surface area contributed by atoms with Gasteiger partial charge in [-0.3, -0.25) is 0 Å². The molecule has 0 saturated heterocycles. The maximum Gasteiger partial charge on any atom is 0.404 e. The van der Waals surface area contributed by atoms with Gasteiger partial charge in [0, 0.05) is 12.1 Å². The number of amides is 1. The van der Waals surface area contributed by atoms with Gasteiger partial charge in [-0.2, -0.15) is 5.26 Å². The summed E-state index contributed by atoms with van der Waals surface area (Å²) in [7, 11) is 0. The van der Waals surface area contributed by atoms with Crippen molar-refractivity contribution in [1.29, 1.82) is 5.26 Å². The van der Waals surface area contributed by atoms with Gasteiger partial charge >= 0.3 is 6.09 Å². The lowest BCUT2D eigenvalue weighted by molar-refractivity contribution is 0.194. The van der Waals surface area contributed by atoms with Crippen LogP contribution in [0, 0.1) is 11.3 Å². The first kappa shape index (κ1) is 13.5. The van der Waals surface area contributed by atoms with E-state index in [4.69, 9.17) is 10.4 Å². The quantitative estimate of drug-likeness (QED) is 0.826. The number of aromatic nitrogens is 4. The summed E-state index contributed by atoms with van der Waals surface area (Å²) in [5, 5.41) is 31.0. The van der Waals surface area contributed by atoms with Crippen molar-refractivity contribution >= 4 is 6.09 Å². The maximum atomic E-state index is 10.3. The van der Waals surface area contributed by atoms with Crippen LogP contribution in [0.25, 0.3) is 11.4 Å². The van der Waals surface area contributed by atoms with Gasteiger partial charge in [0.2, 0.25) is 5.82 Å². The van der Waals surface area contributed by atoms with Crippen molar-refractivity contribution in [2.75, 3.05) is 6.54 Å². The lowest BCUT2D eigenvalue weighted by atomic mass is 10.1. The summed E-state index contributed by atoms with van der Waals surface area (Å²) in [6.07, 6.45) is -0.416. The molecule has 1 amide bonds. The number of nitriles is 1. The van der Waals surface area contributed by atoms with Crippen LogP contribution in [0.2, 0.25) is 0 Å². The van der Waals surface area contributed by atoms with E-state index < -0.39 is 6.09 Å². The molecular weight excluding hydrogens is 260 g/mol. The third-order valence-corrected chi connectivity index (χ3v) is 2.57. The fourth-order valence-corrected chi connectivity index (χ4v) is 1.62. The molecule has 0 aliphatic carbocycles. The molecule has 0 spiro atoms. The molecule has 0 saturated carbocycles. The summed E-state index contributed by atoms with van der Waals surface area (Å²) in [5.74, 6) is 0.454. The molecule has 2 rings (SSSR count). The Morgan fingerprint density at radius 2 is 2.15 bits per heavy atom. The van der Waals surface area contributed by atoms with E-state index in [9.17, 15) is 4.79 Å². The topological polar surface area (TPSA) is 117 Å². The van der Waals surface area contributed by atoms with E-state index in [-0.39, 0.29) is 6.54 Å². The molecule has 8 heteroatoms. The zero-order valence-electron chi connectivity index (χ0n) is 10.5. The number of benzene rings is 1. The van der Waals surface area contributed by atoms with Gasteiger partial charge in [0.15, 0.2) is 0 Å². The number of hydrogen-bond donors (Lipinski definition) is 2. The lowest BCUT2D eigenvalue weighted by Gasteiger charge is -2.02. The van der Waals surface area contributed by atoms with Crippen molar-refractivity contribution < 1.29 is 9.90 Å². The number of carbonyl (C=O) groups is 1. The zero-order chi connectivity index (χ0) is 14.4. The largest absolute Gasteiger partial charge is 0.465 e. The molecule has 0 aliphatic heterocycles. The van der Waals surface area contributed by atoms with E-state index >= 15 is 0 Å². The van der Waals surface area contributed by atoms with Crippen molar-refractivity contribution in [3.63, 3.8) is 0 Å². The van der Waals surface area contributed by atoms with Crippen molar-refractivity contribution in [1.82, 2.24) is 25.5 Å². The molecule has 0 radical (unpaired) electrons. The van der Waals surface area contributed by atoms with E-state index in [1.165, 1.54) is 4.80 Å². The number of nitrogens with one attached hydrogen (secondary N) is 1. The zero-order valence-corrected chi connectivity index (χ0v) is 10.5. The highest BCUT2D eigenvalue weighted by molar-refractivity contribution is 5.64. The molecule has 0 atom stereocenters. The van der Waals surface area contributed by atoms with E-state index in [0.717, 1.165) is 11.1 Å². The van der Waals surface area contributed by atoms with Crippen LogP contribution in [0.15, 0.2) is 24.3 Å². The van der Waals surface area contributed by atoms with Gasteiger partial charge < -0.3 is 10.4 Å². The molecule has 1 aromatic heterocycles. The molecule has 0 aliphatic rings. The van der Waals surface area contributed by atoms with Crippen LogP contribution < -0.4 is 5.32 Å². The van der Waals surface area contributed by atoms with Gasteiger partial charge in [0.1, 0.15) is 6.54 Å². The first-order valence-electron chi connectivity index (χ1n) is 5.90. The Labute approximate surface area is 114 Å². The van der Waals surface area contributed by atoms with Crippen LogP contribution in [0.3, 0.4) is 0 Å². The van der Waals surface area contributed by atoms with Gasteiger partial charge in [-0.1, -0.05) is 24.3 Å². The van der Waals surface area contributed by atoms with Crippen LogP contribution in [0.5, 0.6) is 0 Å². The van der Waals surface area contributed by atoms with Crippen LogP contribution in [-0.2, 0) is 13.0 Å². The number of hydrogen-bond acceptors (Lipinski definition) is 5. The van der Waals surface area contributed by atoms with Gasteiger partial charge in [-0.15, -0.1) is 15.0 Å². The third kappa shape index (κ3) is 3.52. The van der Waals surface area contributed by atoms with Crippen LogP contribution in [-0.4, -0.2) is 38.0 Å². The SMILES string of the molecule is N#CCn1nnc(-c2ccc(CCNC(=O)O)cc2)n1. The van der Waals surface area contributed by atoms with Gasteiger partial charge in [-0.25, -0.2) is 4.79 Å². The highest BCUT2D eigenvalue weighted by atomic mass is 16.4. The standard InChI is InChI=1S/C12H12N6O2/c13-6-8-18-16-11(15-17-18)10-3-1-9(2-4-10)5-7-14-12(19)20/h1-4,14H,5,7-8H2,(H,19,20). The second kappa shape index (κ2) is 6.29. The Morgan fingerprint density at radius 3 is 2.80 bits per heavy atom. The lowest BCUT2D eigenvalue weighted by Crippen LogP contribution is -2.23. The Kier molecular flexibility index (Phi) is 4.24. The highest BCUT2D eigenvalue weighted by Crippen LogP contribution is 2.14. The van der Waals surface area contributed by atoms with Crippen molar-refractivity contribution in [3.05, 3.63) is 29.8 Å². The minimum atomic E-state index is -1.03. The van der Waals surface area contributed by atoms with Crippen molar-refractivity contribution in [3.8, 4) is 17.5 Å². The summed E-state index contributed by atoms with van der Waals surface area (Å²) in [6, 6.07) is 9.37. The summed E-state index contributed by atoms with van der Waals surface area (Å²) < 4.78 is 0. The molecule has 8 nitrogen and oxygen atoms in total. The molecular formula is C12H12N6O2. The first-order chi connectivity index (χ1) is 9.69. The maximum absolute atomic E-state index is 10.3. The van der Waals surface area contributed by atoms with Crippen molar-refractivity contribution in [2.45, 2.75) is 13.0 Å². The normalized spacial score (nSPS) is 9.95. The summed E-state index contributed by atoms with van der Waals surface area (Å²) in [6.45, 7) is 0.428. The summed E-state index contributed by atoms with van der Waals surface area (Å²) in [5.41, 5.74) is 1.80. The average molecular weight is 272 g/mol. The molecule has 102 valence electrons. The van der Waals surface area contributed by atoms with Gasteiger partial charge in [0.05, 0.1) is 6.07 Å². The summed E-state index contributed by atoms with van der Waals surface area (Å²) >= 11 is 0. The Hall–Kier alpha value is -2.95. The predicted molar refractivity (Wildman–Crippen MR) is 68.6 cm³/mol. The fourth-order valence-electron chi connectivity index (χ4n) is 1.62. The van der Waals surface area contributed by atoms with Crippen molar-refractivity contribution in [2.24, 2.45) is 0 Å². The molecule has 0 unspecified atom stereocenters. The smallest absolute Gasteiger partial charge is 0.404 e. The van der Waals surface area contributed by atoms with E-state index in [2.05, 4.69) is 20.7 Å². The minimum absolute atomic E-state index is 0.0614. The monoisotopic (exact) mass is 272 g/mol. The predicted octanol–water partition coefficient (Wildman–Crippen LogP) is 0.674. The van der Waals surface area contributed by atoms with Gasteiger partial charge in [0.25, 0.3) is 0 Å². The minimum Gasteiger partial charge on any atom is -0.465 e. The van der Waals surface area contributed by atoms with E-state index in [1.54, 1.807) is 0 Å². The Balaban J connectivity index is 2.00. The second-order valence-corrected chi connectivity index (χ2v) is 3.98.